The van der Waals surface area contributed by atoms with Crippen LogP contribution in [0.1, 0.15) is 17.5 Å². The van der Waals surface area contributed by atoms with Gasteiger partial charge in [0.15, 0.2) is 0 Å². The molecule has 1 aliphatic heterocycles. The molecular formula is C20H30N4O. The number of hydrogen-bond acceptors (Lipinski definition) is 4. The molecule has 0 bridgehead atoms. The molecule has 3 rings (SSSR count). The maximum atomic E-state index is 5.19. The standard InChI is InChI=1S/C20H30N4O/c1-17-13-20(24-9-4-8-21-24)6-5-19(17)16-22(2)14-18-7-10-23(15-18)11-12-25-3/h4-6,8-9,13,18H,7,10-12,14-16H2,1-3H3/t18-/m1/s1. The lowest BCUT2D eigenvalue weighted by Crippen LogP contribution is -2.29. The van der Waals surface area contributed by atoms with Gasteiger partial charge in [0.25, 0.3) is 0 Å². The largest absolute Gasteiger partial charge is 0.383 e. The number of aryl methyl sites for hydroxylation is 1. The molecule has 0 radical (unpaired) electrons. The van der Waals surface area contributed by atoms with Crippen LogP contribution in [-0.2, 0) is 11.3 Å². The Morgan fingerprint density at radius 1 is 1.36 bits per heavy atom. The summed E-state index contributed by atoms with van der Waals surface area (Å²) in [7, 11) is 4.01. The molecule has 1 aromatic heterocycles. The molecule has 0 aliphatic carbocycles. The third kappa shape index (κ3) is 4.91. The van der Waals surface area contributed by atoms with Crippen molar-refractivity contribution in [3.63, 3.8) is 0 Å². The quantitative estimate of drug-likeness (QED) is 0.738. The van der Waals surface area contributed by atoms with E-state index in [1.165, 1.54) is 30.6 Å². The molecule has 1 fully saturated rings. The first-order chi connectivity index (χ1) is 12.2. The van der Waals surface area contributed by atoms with Gasteiger partial charge in [-0.3, -0.25) is 0 Å². The van der Waals surface area contributed by atoms with E-state index in [-0.39, 0.29) is 0 Å². The molecule has 136 valence electrons. The van der Waals surface area contributed by atoms with Crippen LogP contribution in [-0.4, -0.2) is 66.5 Å². The lowest BCUT2D eigenvalue weighted by molar-refractivity contribution is 0.157. The van der Waals surface area contributed by atoms with E-state index < -0.39 is 0 Å². The van der Waals surface area contributed by atoms with Crippen molar-refractivity contribution in [2.24, 2.45) is 5.92 Å². The molecule has 0 unspecified atom stereocenters. The second-order valence-electron chi connectivity index (χ2n) is 7.21. The molecule has 1 aliphatic rings. The Balaban J connectivity index is 1.52. The summed E-state index contributed by atoms with van der Waals surface area (Å²) in [4.78, 5) is 4.98. The highest BCUT2D eigenvalue weighted by Gasteiger charge is 2.23. The summed E-state index contributed by atoms with van der Waals surface area (Å²) in [5, 5.41) is 4.31. The van der Waals surface area contributed by atoms with Gasteiger partial charge in [-0.25, -0.2) is 4.68 Å². The van der Waals surface area contributed by atoms with Gasteiger partial charge in [-0.2, -0.15) is 5.10 Å². The first kappa shape index (κ1) is 18.1. The smallest absolute Gasteiger partial charge is 0.0648 e. The van der Waals surface area contributed by atoms with Crippen LogP contribution in [0, 0.1) is 12.8 Å². The number of hydrogen-bond donors (Lipinski definition) is 0. The highest BCUT2D eigenvalue weighted by molar-refractivity contribution is 5.39. The second kappa shape index (κ2) is 8.61. The van der Waals surface area contributed by atoms with Gasteiger partial charge in [0.1, 0.15) is 0 Å². The van der Waals surface area contributed by atoms with E-state index in [0.29, 0.717) is 0 Å². The van der Waals surface area contributed by atoms with Crippen LogP contribution in [0.4, 0.5) is 0 Å². The summed E-state index contributed by atoms with van der Waals surface area (Å²) in [6.07, 6.45) is 5.09. The van der Waals surface area contributed by atoms with E-state index in [4.69, 9.17) is 4.74 Å². The Labute approximate surface area is 151 Å². The normalized spacial score (nSPS) is 18.3. The fraction of sp³-hybridized carbons (Fsp3) is 0.550. The molecule has 2 aromatic rings. The topological polar surface area (TPSA) is 33.5 Å². The van der Waals surface area contributed by atoms with Crippen molar-refractivity contribution in [3.05, 3.63) is 47.8 Å². The minimum Gasteiger partial charge on any atom is -0.383 e. The molecule has 2 heterocycles. The van der Waals surface area contributed by atoms with E-state index in [9.17, 15) is 0 Å². The van der Waals surface area contributed by atoms with E-state index in [0.717, 1.165) is 37.8 Å². The van der Waals surface area contributed by atoms with Crippen molar-refractivity contribution < 1.29 is 4.74 Å². The van der Waals surface area contributed by atoms with Gasteiger partial charge in [-0.15, -0.1) is 0 Å². The number of likely N-dealkylation sites (tertiary alicyclic amines) is 1. The third-order valence-electron chi connectivity index (χ3n) is 5.09. The molecule has 0 N–H and O–H groups in total. The molecule has 5 heteroatoms. The monoisotopic (exact) mass is 342 g/mol. The van der Waals surface area contributed by atoms with Gasteiger partial charge < -0.3 is 14.5 Å². The van der Waals surface area contributed by atoms with E-state index >= 15 is 0 Å². The van der Waals surface area contributed by atoms with Crippen molar-refractivity contribution >= 4 is 0 Å². The van der Waals surface area contributed by atoms with Gasteiger partial charge in [0.2, 0.25) is 0 Å². The molecule has 1 atom stereocenters. The van der Waals surface area contributed by atoms with Crippen LogP contribution < -0.4 is 0 Å². The van der Waals surface area contributed by atoms with Crippen molar-refractivity contribution in [1.29, 1.82) is 0 Å². The predicted molar refractivity (Wildman–Crippen MR) is 101 cm³/mol. The summed E-state index contributed by atoms with van der Waals surface area (Å²) < 4.78 is 7.10. The summed E-state index contributed by atoms with van der Waals surface area (Å²) in [6.45, 7) is 8.65. The maximum Gasteiger partial charge on any atom is 0.0648 e. The first-order valence-corrected chi connectivity index (χ1v) is 9.15. The number of nitrogens with zero attached hydrogens (tertiary/aromatic N) is 4. The molecule has 25 heavy (non-hydrogen) atoms. The highest BCUT2D eigenvalue weighted by atomic mass is 16.5. The van der Waals surface area contributed by atoms with Crippen LogP contribution in [0.15, 0.2) is 36.7 Å². The van der Waals surface area contributed by atoms with Crippen molar-refractivity contribution in [3.8, 4) is 5.69 Å². The molecule has 1 aromatic carbocycles. The summed E-state index contributed by atoms with van der Waals surface area (Å²) in [5.74, 6) is 0.769. The maximum absolute atomic E-state index is 5.19. The summed E-state index contributed by atoms with van der Waals surface area (Å²) >= 11 is 0. The molecule has 1 saturated heterocycles. The zero-order valence-corrected chi connectivity index (χ0v) is 15.7. The minimum absolute atomic E-state index is 0.769. The van der Waals surface area contributed by atoms with Crippen LogP contribution in [0.2, 0.25) is 0 Å². The van der Waals surface area contributed by atoms with Gasteiger partial charge in [-0.1, -0.05) is 6.07 Å². The van der Waals surface area contributed by atoms with E-state index in [2.05, 4.69) is 47.1 Å². The number of benzene rings is 1. The Morgan fingerprint density at radius 2 is 2.24 bits per heavy atom. The second-order valence-corrected chi connectivity index (χ2v) is 7.21. The van der Waals surface area contributed by atoms with Gasteiger partial charge in [-0.05, 0) is 62.2 Å². The van der Waals surface area contributed by atoms with Crippen LogP contribution in [0.3, 0.4) is 0 Å². The Bertz CT molecular complexity index is 656. The predicted octanol–water partition coefficient (Wildman–Crippen LogP) is 2.58. The number of ether oxygens (including phenoxy) is 1. The van der Waals surface area contributed by atoms with Crippen molar-refractivity contribution in [2.45, 2.75) is 19.9 Å². The molecule has 0 spiro atoms. The lowest BCUT2D eigenvalue weighted by atomic mass is 10.1. The highest BCUT2D eigenvalue weighted by Crippen LogP contribution is 2.19. The van der Waals surface area contributed by atoms with Crippen LogP contribution >= 0.6 is 0 Å². The average Bonchev–Trinajstić information content (AvgIpc) is 3.26. The number of rotatable bonds is 8. The van der Waals surface area contributed by atoms with E-state index in [1.54, 1.807) is 7.11 Å². The molecular weight excluding hydrogens is 312 g/mol. The minimum atomic E-state index is 0.769. The Morgan fingerprint density at radius 3 is 2.96 bits per heavy atom. The van der Waals surface area contributed by atoms with Crippen LogP contribution in [0.5, 0.6) is 0 Å². The Kier molecular flexibility index (Phi) is 6.24. The SMILES string of the molecule is COCCN1CC[C@H](CN(C)Cc2ccc(-n3cccn3)cc2C)C1. The van der Waals surface area contributed by atoms with Crippen molar-refractivity contribution in [2.75, 3.05) is 46.9 Å². The molecule has 5 nitrogen and oxygen atoms in total. The van der Waals surface area contributed by atoms with Crippen LogP contribution in [0.25, 0.3) is 5.69 Å². The third-order valence-corrected chi connectivity index (χ3v) is 5.09. The lowest BCUT2D eigenvalue weighted by Gasteiger charge is -2.22. The van der Waals surface area contributed by atoms with Gasteiger partial charge >= 0.3 is 0 Å². The van der Waals surface area contributed by atoms with Gasteiger partial charge in [0, 0.05) is 45.7 Å². The summed E-state index contributed by atoms with van der Waals surface area (Å²) in [6, 6.07) is 8.57. The Hall–Kier alpha value is -1.69. The van der Waals surface area contributed by atoms with Crippen molar-refractivity contribution in [1.82, 2.24) is 19.6 Å². The van der Waals surface area contributed by atoms with E-state index in [1.807, 2.05) is 23.1 Å². The molecule has 0 saturated carbocycles. The van der Waals surface area contributed by atoms with Gasteiger partial charge in [0.05, 0.1) is 12.3 Å². The number of methoxy groups -OCH3 is 1. The molecule has 0 amide bonds. The average molecular weight is 342 g/mol. The fourth-order valence-corrected chi connectivity index (χ4v) is 3.70. The first-order valence-electron chi connectivity index (χ1n) is 9.15. The number of aromatic nitrogens is 2. The zero-order valence-electron chi connectivity index (χ0n) is 15.7. The summed E-state index contributed by atoms with van der Waals surface area (Å²) in [5.41, 5.74) is 3.85. The fourth-order valence-electron chi connectivity index (χ4n) is 3.70. The zero-order chi connectivity index (χ0) is 17.6.